The minimum Gasteiger partial charge on any atom is -0.165 e. The Balaban J connectivity index is 2.48. The molecule has 2 rings (SSSR count). The fraction of sp³-hybridized carbons (Fsp3) is 0.125. The monoisotopic (exact) mass is 290 g/mol. The van der Waals surface area contributed by atoms with Crippen LogP contribution in [0.1, 0.15) is 18.1 Å². The van der Waals surface area contributed by atoms with Crippen molar-refractivity contribution in [2.24, 2.45) is 10.2 Å². The van der Waals surface area contributed by atoms with Crippen LogP contribution in [0.25, 0.3) is 0 Å². The molecule has 0 fully saturated rings. The number of rotatable bonds is 3. The molecule has 2 nitrogen and oxygen atoms in total. The van der Waals surface area contributed by atoms with Gasteiger partial charge in [0, 0.05) is 11.1 Å². The molecule has 0 amide bonds. The Bertz CT molecular complexity index is 603. The molecule has 0 aromatic heterocycles. The number of hydrogen-bond donors (Lipinski definition) is 0. The van der Waals surface area contributed by atoms with Crippen molar-refractivity contribution in [1.82, 2.24) is 0 Å². The Labute approximate surface area is 120 Å². The van der Waals surface area contributed by atoms with Gasteiger partial charge in [-0.25, -0.2) is 0 Å². The van der Waals surface area contributed by atoms with E-state index in [1.54, 1.807) is 48.5 Å². The van der Waals surface area contributed by atoms with Gasteiger partial charge in [-0.2, -0.15) is 18.3 Å². The molecule has 0 bridgehead atoms. The number of halogens is 3. The highest BCUT2D eigenvalue weighted by atomic mass is 19.4. The van der Waals surface area contributed by atoms with Crippen LogP contribution in [-0.4, -0.2) is 17.6 Å². The van der Waals surface area contributed by atoms with E-state index in [9.17, 15) is 13.2 Å². The minimum absolute atomic E-state index is 0.403. The predicted octanol–water partition coefficient (Wildman–Crippen LogP) is 4.46. The van der Waals surface area contributed by atoms with Crippen LogP contribution in [0.15, 0.2) is 70.9 Å². The average Bonchev–Trinajstić information content (AvgIpc) is 2.48. The van der Waals surface area contributed by atoms with E-state index in [4.69, 9.17) is 0 Å². The molecule has 5 heteroatoms. The fourth-order valence-corrected chi connectivity index (χ4v) is 1.66. The van der Waals surface area contributed by atoms with Crippen LogP contribution in [0, 0.1) is 0 Å². The summed E-state index contributed by atoms with van der Waals surface area (Å²) in [6, 6.07) is 18.0. The quantitative estimate of drug-likeness (QED) is 0.589. The molecule has 2 aromatic rings. The normalized spacial score (nSPS) is 12.1. The maximum Gasteiger partial charge on any atom is 0.431 e. The van der Waals surface area contributed by atoms with E-state index in [1.807, 2.05) is 12.1 Å². The lowest BCUT2D eigenvalue weighted by Crippen LogP contribution is -2.19. The van der Waals surface area contributed by atoms with Gasteiger partial charge in [-0.3, -0.25) is 0 Å². The lowest BCUT2D eigenvalue weighted by Gasteiger charge is -2.07. The van der Waals surface area contributed by atoms with Crippen molar-refractivity contribution in [3.8, 4) is 0 Å². The summed E-state index contributed by atoms with van der Waals surface area (Å²) in [6.07, 6.45) is -4.47. The highest BCUT2D eigenvalue weighted by Crippen LogP contribution is 2.18. The van der Waals surface area contributed by atoms with Crippen molar-refractivity contribution in [2.45, 2.75) is 13.1 Å². The summed E-state index contributed by atoms with van der Waals surface area (Å²) in [5.74, 6) is 0. The van der Waals surface area contributed by atoms with Gasteiger partial charge >= 0.3 is 6.18 Å². The van der Waals surface area contributed by atoms with Crippen molar-refractivity contribution in [3.63, 3.8) is 0 Å². The summed E-state index contributed by atoms with van der Waals surface area (Å²) < 4.78 is 37.5. The standard InChI is InChI=1S/C16H13F3N2/c1-12(16(17,18)19)20-21-15(13-8-4-2-5-9-13)14-10-6-3-7-11-14/h2-11H,1H3/b20-12-. The molecule has 0 spiro atoms. The molecule has 0 aliphatic rings. The summed E-state index contributed by atoms with van der Waals surface area (Å²) in [5, 5.41) is 7.14. The molecule has 2 aromatic carbocycles. The number of hydrogen-bond acceptors (Lipinski definition) is 2. The second kappa shape index (κ2) is 6.35. The summed E-state index contributed by atoms with van der Waals surface area (Å²) in [4.78, 5) is 0. The highest BCUT2D eigenvalue weighted by molar-refractivity contribution is 6.13. The Kier molecular flexibility index (Phi) is 4.52. The Morgan fingerprint density at radius 3 is 1.57 bits per heavy atom. The van der Waals surface area contributed by atoms with E-state index in [-0.39, 0.29) is 0 Å². The third-order valence-electron chi connectivity index (χ3n) is 2.80. The Morgan fingerprint density at radius 2 is 1.19 bits per heavy atom. The van der Waals surface area contributed by atoms with Gasteiger partial charge in [0.2, 0.25) is 0 Å². The molecule has 0 aliphatic heterocycles. The molecule has 21 heavy (non-hydrogen) atoms. The molecular formula is C16H13F3N2. The van der Waals surface area contributed by atoms with Gasteiger partial charge < -0.3 is 0 Å². The van der Waals surface area contributed by atoms with Gasteiger partial charge in [-0.15, -0.1) is 5.10 Å². The highest BCUT2D eigenvalue weighted by Gasteiger charge is 2.32. The molecule has 0 saturated heterocycles. The van der Waals surface area contributed by atoms with Crippen LogP contribution in [0.5, 0.6) is 0 Å². The SMILES string of the molecule is C/C(=N/N=C(c1ccccc1)c1ccccc1)C(F)(F)F. The number of nitrogens with zero attached hydrogens (tertiary/aromatic N) is 2. The molecule has 108 valence electrons. The van der Waals surface area contributed by atoms with E-state index in [0.717, 1.165) is 6.92 Å². The Hall–Kier alpha value is -2.43. The maximum atomic E-state index is 12.5. The minimum atomic E-state index is -4.47. The van der Waals surface area contributed by atoms with E-state index >= 15 is 0 Å². The Morgan fingerprint density at radius 1 is 0.762 bits per heavy atom. The predicted molar refractivity (Wildman–Crippen MR) is 77.7 cm³/mol. The zero-order valence-electron chi connectivity index (χ0n) is 11.3. The molecule has 0 atom stereocenters. The van der Waals surface area contributed by atoms with Crippen LogP contribution in [0.4, 0.5) is 13.2 Å². The zero-order valence-corrected chi connectivity index (χ0v) is 11.3. The first-order valence-corrected chi connectivity index (χ1v) is 6.29. The van der Waals surface area contributed by atoms with E-state index in [2.05, 4.69) is 10.2 Å². The summed E-state index contributed by atoms with van der Waals surface area (Å²) in [6.45, 7) is 0.900. The van der Waals surface area contributed by atoms with Crippen LogP contribution < -0.4 is 0 Å². The first-order valence-electron chi connectivity index (χ1n) is 6.29. The van der Waals surface area contributed by atoms with Gasteiger partial charge in [0.1, 0.15) is 11.4 Å². The number of benzene rings is 2. The molecule has 0 aliphatic carbocycles. The molecule has 0 N–H and O–H groups in total. The first kappa shape index (κ1) is 15.0. The van der Waals surface area contributed by atoms with Gasteiger partial charge in [-0.05, 0) is 6.92 Å². The molecular weight excluding hydrogens is 277 g/mol. The summed E-state index contributed by atoms with van der Waals surface area (Å²) in [7, 11) is 0. The van der Waals surface area contributed by atoms with Crippen molar-refractivity contribution in [3.05, 3.63) is 71.8 Å². The van der Waals surface area contributed by atoms with Crippen molar-refractivity contribution < 1.29 is 13.2 Å². The summed E-state index contributed by atoms with van der Waals surface area (Å²) in [5.41, 5.74) is 0.844. The van der Waals surface area contributed by atoms with E-state index in [1.165, 1.54) is 0 Å². The zero-order chi connectivity index (χ0) is 15.3. The molecule has 0 saturated carbocycles. The second-order valence-electron chi connectivity index (χ2n) is 4.36. The molecule has 0 unspecified atom stereocenters. The smallest absolute Gasteiger partial charge is 0.165 e. The topological polar surface area (TPSA) is 24.7 Å². The van der Waals surface area contributed by atoms with Crippen LogP contribution >= 0.6 is 0 Å². The molecule has 0 radical (unpaired) electrons. The lowest BCUT2D eigenvalue weighted by atomic mass is 10.0. The second-order valence-corrected chi connectivity index (χ2v) is 4.36. The first-order chi connectivity index (χ1) is 9.98. The van der Waals surface area contributed by atoms with Gasteiger partial charge in [0.05, 0.1) is 0 Å². The van der Waals surface area contributed by atoms with Gasteiger partial charge in [-0.1, -0.05) is 60.7 Å². The van der Waals surface area contributed by atoms with E-state index in [0.29, 0.717) is 16.8 Å². The van der Waals surface area contributed by atoms with E-state index < -0.39 is 11.9 Å². The van der Waals surface area contributed by atoms with Crippen LogP contribution in [0.2, 0.25) is 0 Å². The van der Waals surface area contributed by atoms with Crippen molar-refractivity contribution >= 4 is 11.4 Å². The fourth-order valence-electron chi connectivity index (χ4n) is 1.66. The largest absolute Gasteiger partial charge is 0.431 e. The van der Waals surface area contributed by atoms with Crippen LogP contribution in [-0.2, 0) is 0 Å². The lowest BCUT2D eigenvalue weighted by molar-refractivity contribution is -0.0593. The van der Waals surface area contributed by atoms with Crippen molar-refractivity contribution in [2.75, 3.05) is 0 Å². The van der Waals surface area contributed by atoms with Gasteiger partial charge in [0.15, 0.2) is 0 Å². The number of alkyl halides is 3. The maximum absolute atomic E-state index is 12.5. The van der Waals surface area contributed by atoms with Gasteiger partial charge in [0.25, 0.3) is 0 Å². The molecule has 0 heterocycles. The van der Waals surface area contributed by atoms with Crippen molar-refractivity contribution in [1.29, 1.82) is 0 Å². The third-order valence-corrected chi connectivity index (χ3v) is 2.80. The van der Waals surface area contributed by atoms with Crippen LogP contribution in [0.3, 0.4) is 0 Å². The average molecular weight is 290 g/mol. The third kappa shape index (κ3) is 4.02. The summed E-state index contributed by atoms with van der Waals surface area (Å²) >= 11 is 0.